The predicted molar refractivity (Wildman–Crippen MR) is 103 cm³/mol. The minimum absolute atomic E-state index is 0.133. The van der Waals surface area contributed by atoms with Crippen LogP contribution in [0.15, 0.2) is 36.4 Å². The van der Waals surface area contributed by atoms with Gasteiger partial charge in [-0.15, -0.1) is 0 Å². The molecular formula is C21H21F5N4. The molecular weight excluding hydrogens is 403 g/mol. The smallest absolute Gasteiger partial charge is 0.350 e. The molecule has 0 bridgehead atoms. The van der Waals surface area contributed by atoms with Gasteiger partial charge in [0.2, 0.25) is 0 Å². The lowest BCUT2D eigenvalue weighted by molar-refractivity contribution is -0.137. The van der Waals surface area contributed by atoms with Crippen LogP contribution in [0.5, 0.6) is 0 Å². The van der Waals surface area contributed by atoms with Crippen molar-refractivity contribution in [2.24, 2.45) is 0 Å². The lowest BCUT2D eigenvalue weighted by atomic mass is 9.97. The van der Waals surface area contributed by atoms with Crippen LogP contribution in [-0.2, 0) is 6.18 Å². The van der Waals surface area contributed by atoms with Crippen molar-refractivity contribution in [3.8, 4) is 0 Å². The van der Waals surface area contributed by atoms with Crippen molar-refractivity contribution < 1.29 is 22.0 Å². The largest absolute Gasteiger partial charge is 0.416 e. The molecule has 0 radical (unpaired) electrons. The molecule has 3 aromatic rings. The summed E-state index contributed by atoms with van der Waals surface area (Å²) in [6.45, 7) is 3.75. The quantitative estimate of drug-likeness (QED) is 0.525. The van der Waals surface area contributed by atoms with Crippen LogP contribution in [0.4, 0.5) is 27.8 Å². The maximum atomic E-state index is 13.9. The highest BCUT2D eigenvalue weighted by atomic mass is 19.4. The van der Waals surface area contributed by atoms with Crippen molar-refractivity contribution in [3.63, 3.8) is 0 Å². The number of fused-ring (bicyclic) bond motifs is 1. The van der Waals surface area contributed by atoms with Crippen molar-refractivity contribution in [1.29, 1.82) is 0 Å². The Morgan fingerprint density at radius 2 is 1.80 bits per heavy atom. The average Bonchev–Trinajstić information content (AvgIpc) is 3.09. The summed E-state index contributed by atoms with van der Waals surface area (Å²) < 4.78 is 67.9. The molecule has 1 aromatic carbocycles. The summed E-state index contributed by atoms with van der Waals surface area (Å²) >= 11 is 0. The second-order valence-electron chi connectivity index (χ2n) is 7.82. The van der Waals surface area contributed by atoms with Crippen LogP contribution in [0.25, 0.3) is 5.65 Å². The van der Waals surface area contributed by atoms with Gasteiger partial charge in [-0.25, -0.2) is 13.8 Å². The van der Waals surface area contributed by atoms with Gasteiger partial charge in [0.15, 0.2) is 5.65 Å². The van der Waals surface area contributed by atoms with Gasteiger partial charge in [0.25, 0.3) is 5.92 Å². The first-order chi connectivity index (χ1) is 14.0. The molecule has 0 aliphatic carbocycles. The molecule has 9 heteroatoms. The fraction of sp³-hybridized carbons (Fsp3) is 0.429. The van der Waals surface area contributed by atoms with Crippen LogP contribution in [0.1, 0.15) is 48.2 Å². The maximum Gasteiger partial charge on any atom is 0.416 e. The molecule has 4 rings (SSSR count). The molecule has 1 aliphatic heterocycles. The van der Waals surface area contributed by atoms with E-state index in [0.29, 0.717) is 41.4 Å². The molecule has 0 amide bonds. The first-order valence-electron chi connectivity index (χ1n) is 9.71. The van der Waals surface area contributed by atoms with Gasteiger partial charge in [0.1, 0.15) is 5.82 Å². The van der Waals surface area contributed by atoms with Gasteiger partial charge >= 0.3 is 6.18 Å². The zero-order valence-corrected chi connectivity index (χ0v) is 16.5. The number of halogens is 5. The molecule has 1 fully saturated rings. The number of aromatic nitrogens is 3. The van der Waals surface area contributed by atoms with E-state index in [9.17, 15) is 22.0 Å². The zero-order chi connectivity index (χ0) is 21.7. The Bertz CT molecular complexity index is 1060. The molecule has 0 saturated carbocycles. The highest BCUT2D eigenvalue weighted by Gasteiger charge is 2.36. The first-order valence-corrected chi connectivity index (χ1v) is 9.71. The lowest BCUT2D eigenvalue weighted by Gasteiger charge is -2.34. The van der Waals surface area contributed by atoms with E-state index in [1.54, 1.807) is 28.5 Å². The molecule has 0 N–H and O–H groups in total. The SMILES string of the molecule is Cc1cc(N2CCCC(F)(F)C2)n2nc(C(C)c3ccc(C(F)(F)F)cc3)cc2n1. The van der Waals surface area contributed by atoms with E-state index in [0.717, 1.165) is 12.1 Å². The van der Waals surface area contributed by atoms with E-state index in [-0.39, 0.29) is 18.9 Å². The van der Waals surface area contributed by atoms with Crippen LogP contribution >= 0.6 is 0 Å². The van der Waals surface area contributed by atoms with E-state index in [1.165, 1.54) is 12.1 Å². The molecule has 1 unspecified atom stereocenters. The maximum absolute atomic E-state index is 13.9. The number of aryl methyl sites for hydroxylation is 1. The molecule has 0 spiro atoms. The number of piperidine rings is 1. The van der Waals surface area contributed by atoms with Gasteiger partial charge in [-0.2, -0.15) is 22.8 Å². The number of rotatable bonds is 3. The Hall–Kier alpha value is -2.71. The Labute approximate surface area is 170 Å². The normalized spacial score (nSPS) is 18.0. The van der Waals surface area contributed by atoms with Gasteiger partial charge in [-0.05, 0) is 31.0 Å². The van der Waals surface area contributed by atoms with Gasteiger partial charge in [-0.3, -0.25) is 0 Å². The van der Waals surface area contributed by atoms with E-state index < -0.39 is 17.7 Å². The summed E-state index contributed by atoms with van der Waals surface area (Å²) in [5, 5.41) is 4.57. The fourth-order valence-electron chi connectivity index (χ4n) is 3.83. The Morgan fingerprint density at radius 1 is 1.10 bits per heavy atom. The number of anilines is 1. The summed E-state index contributed by atoms with van der Waals surface area (Å²) in [6, 6.07) is 8.44. The van der Waals surface area contributed by atoms with Crippen LogP contribution in [0.2, 0.25) is 0 Å². The Morgan fingerprint density at radius 3 is 2.43 bits per heavy atom. The summed E-state index contributed by atoms with van der Waals surface area (Å²) in [5.74, 6) is -2.50. The van der Waals surface area contributed by atoms with Gasteiger partial charge in [-0.1, -0.05) is 19.1 Å². The second-order valence-corrected chi connectivity index (χ2v) is 7.82. The predicted octanol–water partition coefficient (Wildman–Crippen LogP) is 5.44. The number of benzene rings is 1. The summed E-state index contributed by atoms with van der Waals surface area (Å²) in [6.07, 6.45) is -4.14. The number of alkyl halides is 5. The second kappa shape index (κ2) is 7.21. The first kappa shape index (κ1) is 20.6. The van der Waals surface area contributed by atoms with Gasteiger partial charge in [0, 0.05) is 36.7 Å². The summed E-state index contributed by atoms with van der Waals surface area (Å²) in [4.78, 5) is 6.06. The third kappa shape index (κ3) is 3.97. The van der Waals surface area contributed by atoms with E-state index in [1.807, 2.05) is 6.92 Å². The molecule has 30 heavy (non-hydrogen) atoms. The number of hydrogen-bond donors (Lipinski definition) is 0. The average molecular weight is 424 g/mol. The highest BCUT2D eigenvalue weighted by Crippen LogP contribution is 2.33. The monoisotopic (exact) mass is 424 g/mol. The third-order valence-corrected chi connectivity index (χ3v) is 5.45. The third-order valence-electron chi connectivity index (χ3n) is 5.45. The highest BCUT2D eigenvalue weighted by molar-refractivity contribution is 5.53. The Kier molecular flexibility index (Phi) is 4.94. The van der Waals surface area contributed by atoms with Crippen molar-refractivity contribution in [2.75, 3.05) is 18.0 Å². The van der Waals surface area contributed by atoms with Crippen molar-refractivity contribution >= 4 is 11.5 Å². The summed E-state index contributed by atoms with van der Waals surface area (Å²) in [7, 11) is 0. The minimum atomic E-state index is -4.39. The molecule has 2 aromatic heterocycles. The summed E-state index contributed by atoms with van der Waals surface area (Å²) in [5.41, 5.74) is 1.78. The molecule has 1 saturated heterocycles. The van der Waals surface area contributed by atoms with E-state index in [2.05, 4.69) is 10.1 Å². The number of hydrogen-bond acceptors (Lipinski definition) is 3. The zero-order valence-electron chi connectivity index (χ0n) is 16.5. The van der Waals surface area contributed by atoms with Crippen LogP contribution < -0.4 is 4.90 Å². The van der Waals surface area contributed by atoms with E-state index >= 15 is 0 Å². The standard InChI is InChI=1S/C21H21F5N4/c1-13-10-19(29-9-3-8-20(22,23)12-29)30-18(27-13)11-17(28-30)14(2)15-4-6-16(7-5-15)21(24,25)26/h4-7,10-11,14H,3,8-9,12H2,1-2H3. The topological polar surface area (TPSA) is 33.4 Å². The van der Waals surface area contributed by atoms with Gasteiger partial charge in [0.05, 0.1) is 17.8 Å². The molecule has 160 valence electrons. The molecule has 4 nitrogen and oxygen atoms in total. The molecule has 1 aliphatic rings. The number of nitrogens with zero attached hydrogens (tertiary/aromatic N) is 4. The van der Waals surface area contributed by atoms with Crippen molar-refractivity contribution in [2.45, 2.75) is 44.7 Å². The van der Waals surface area contributed by atoms with Crippen LogP contribution in [-0.4, -0.2) is 33.6 Å². The fourth-order valence-corrected chi connectivity index (χ4v) is 3.83. The van der Waals surface area contributed by atoms with Crippen molar-refractivity contribution in [1.82, 2.24) is 14.6 Å². The van der Waals surface area contributed by atoms with E-state index in [4.69, 9.17) is 0 Å². The molecule has 3 heterocycles. The molecule has 1 atom stereocenters. The van der Waals surface area contributed by atoms with Crippen LogP contribution in [0.3, 0.4) is 0 Å². The van der Waals surface area contributed by atoms with Crippen molar-refractivity contribution in [3.05, 3.63) is 58.9 Å². The van der Waals surface area contributed by atoms with Crippen LogP contribution in [0, 0.1) is 6.92 Å². The van der Waals surface area contributed by atoms with Gasteiger partial charge < -0.3 is 4.90 Å². The Balaban J connectivity index is 1.69. The lowest BCUT2D eigenvalue weighted by Crippen LogP contribution is -2.43. The minimum Gasteiger partial charge on any atom is -0.350 e.